The maximum absolute atomic E-state index is 13.7. The number of nitrogens with zero attached hydrogens (tertiary/aromatic N) is 5. The molecule has 1 amide bonds. The van der Waals surface area contributed by atoms with Gasteiger partial charge in [0, 0.05) is 18.5 Å². The number of nitrogens with one attached hydrogen (secondary N) is 1. The second-order valence-corrected chi connectivity index (χ2v) is 8.56. The Labute approximate surface area is 174 Å². The number of rotatable bonds is 5. The summed E-state index contributed by atoms with van der Waals surface area (Å²) in [6.07, 6.45) is 5.38. The van der Waals surface area contributed by atoms with Gasteiger partial charge in [0.2, 0.25) is 0 Å². The molecular formula is C21H26N6OS. The summed E-state index contributed by atoms with van der Waals surface area (Å²) in [6.45, 7) is 7.67. The van der Waals surface area contributed by atoms with Crippen LogP contribution in [0.4, 0.5) is 5.13 Å². The Balaban J connectivity index is 1.61. The average molecular weight is 411 g/mol. The smallest absolute Gasteiger partial charge is 0.256 e. The van der Waals surface area contributed by atoms with Crippen LogP contribution in [0.1, 0.15) is 41.4 Å². The van der Waals surface area contributed by atoms with Crippen LogP contribution in [0.5, 0.6) is 0 Å². The number of amides is 1. The van der Waals surface area contributed by atoms with Crippen molar-refractivity contribution in [3.05, 3.63) is 52.8 Å². The summed E-state index contributed by atoms with van der Waals surface area (Å²) in [7, 11) is 0. The lowest BCUT2D eigenvalue weighted by atomic mass is 9.90. The van der Waals surface area contributed by atoms with Crippen LogP contribution in [-0.4, -0.2) is 49.9 Å². The van der Waals surface area contributed by atoms with Gasteiger partial charge in [0.15, 0.2) is 5.13 Å². The molecule has 0 radical (unpaired) electrons. The lowest BCUT2D eigenvalue weighted by molar-refractivity contribution is 0.0539. The molecule has 3 aromatic rings. The number of carbonyl (C=O) groups excluding carboxylic acids is 1. The SMILES string of the molecule is Cc1ccc(-n2nccn2)c(C(=O)N2CCCC(C)C2CNc2nc(C)cs2)c1. The van der Waals surface area contributed by atoms with Gasteiger partial charge in [-0.1, -0.05) is 18.6 Å². The Kier molecular flexibility index (Phi) is 5.62. The van der Waals surface area contributed by atoms with Crippen LogP contribution < -0.4 is 5.32 Å². The highest BCUT2D eigenvalue weighted by molar-refractivity contribution is 7.13. The van der Waals surface area contributed by atoms with Crippen LogP contribution in [0, 0.1) is 19.8 Å². The highest BCUT2D eigenvalue weighted by Crippen LogP contribution is 2.28. The summed E-state index contributed by atoms with van der Waals surface area (Å²) < 4.78 is 0. The molecule has 0 aliphatic carbocycles. The second-order valence-electron chi connectivity index (χ2n) is 7.70. The van der Waals surface area contributed by atoms with Gasteiger partial charge >= 0.3 is 0 Å². The monoisotopic (exact) mass is 410 g/mol. The van der Waals surface area contributed by atoms with Crippen molar-refractivity contribution in [3.63, 3.8) is 0 Å². The molecule has 7 nitrogen and oxygen atoms in total. The molecule has 1 aliphatic heterocycles. The Morgan fingerprint density at radius 2 is 2.07 bits per heavy atom. The minimum Gasteiger partial charge on any atom is -0.359 e. The van der Waals surface area contributed by atoms with Gasteiger partial charge in [0.1, 0.15) is 0 Å². The van der Waals surface area contributed by atoms with E-state index in [2.05, 4.69) is 27.4 Å². The maximum atomic E-state index is 13.7. The summed E-state index contributed by atoms with van der Waals surface area (Å²) in [5, 5.41) is 14.8. The van der Waals surface area contributed by atoms with Crippen molar-refractivity contribution in [1.29, 1.82) is 0 Å². The first-order valence-electron chi connectivity index (χ1n) is 9.97. The number of anilines is 1. The number of aromatic nitrogens is 4. The molecule has 0 saturated carbocycles. The molecule has 152 valence electrons. The van der Waals surface area contributed by atoms with Gasteiger partial charge in [-0.2, -0.15) is 15.0 Å². The van der Waals surface area contributed by atoms with Crippen molar-refractivity contribution in [2.24, 2.45) is 5.92 Å². The number of thiazole rings is 1. The Morgan fingerprint density at radius 3 is 2.79 bits per heavy atom. The number of aryl methyl sites for hydroxylation is 2. The number of carbonyl (C=O) groups is 1. The Morgan fingerprint density at radius 1 is 1.28 bits per heavy atom. The number of benzene rings is 1. The fourth-order valence-electron chi connectivity index (χ4n) is 3.93. The zero-order chi connectivity index (χ0) is 20.4. The summed E-state index contributed by atoms with van der Waals surface area (Å²) >= 11 is 1.60. The third-order valence-electron chi connectivity index (χ3n) is 5.47. The standard InChI is InChI=1S/C21H26N6OS/c1-14-6-7-18(27-23-8-9-24-27)17(11-14)20(28)26-10-4-5-15(2)19(26)12-22-21-25-16(3)13-29-21/h6-9,11,13,15,19H,4-5,10,12H2,1-3H3,(H,22,25). The van der Waals surface area contributed by atoms with Gasteiger partial charge in [-0.05, 0) is 44.7 Å². The molecule has 4 rings (SSSR count). The molecular weight excluding hydrogens is 384 g/mol. The lowest BCUT2D eigenvalue weighted by Gasteiger charge is -2.40. The van der Waals surface area contributed by atoms with E-state index in [9.17, 15) is 4.79 Å². The van der Waals surface area contributed by atoms with Crippen molar-refractivity contribution in [3.8, 4) is 5.69 Å². The quantitative estimate of drug-likeness (QED) is 0.694. The molecule has 1 saturated heterocycles. The zero-order valence-electron chi connectivity index (χ0n) is 17.0. The fraction of sp³-hybridized carbons (Fsp3) is 0.429. The molecule has 0 spiro atoms. The molecule has 1 aliphatic rings. The van der Waals surface area contributed by atoms with Crippen LogP contribution in [0.3, 0.4) is 0 Å². The van der Waals surface area contributed by atoms with E-state index in [1.165, 1.54) is 4.80 Å². The van der Waals surface area contributed by atoms with E-state index in [1.807, 2.05) is 42.3 Å². The van der Waals surface area contributed by atoms with E-state index in [1.54, 1.807) is 23.7 Å². The highest BCUT2D eigenvalue weighted by Gasteiger charge is 2.33. The van der Waals surface area contributed by atoms with Gasteiger partial charge in [-0.25, -0.2) is 4.98 Å². The number of hydrogen-bond acceptors (Lipinski definition) is 6. The summed E-state index contributed by atoms with van der Waals surface area (Å²) in [6, 6.07) is 5.95. The van der Waals surface area contributed by atoms with Gasteiger partial charge in [-0.15, -0.1) is 11.3 Å². The first kappa shape index (κ1) is 19.6. The van der Waals surface area contributed by atoms with Gasteiger partial charge in [-0.3, -0.25) is 4.79 Å². The van der Waals surface area contributed by atoms with Crippen LogP contribution in [0.25, 0.3) is 5.69 Å². The van der Waals surface area contributed by atoms with Crippen molar-refractivity contribution in [1.82, 2.24) is 24.9 Å². The molecule has 0 bridgehead atoms. The lowest BCUT2D eigenvalue weighted by Crippen LogP contribution is -2.51. The third kappa shape index (κ3) is 4.17. The van der Waals surface area contributed by atoms with E-state index in [-0.39, 0.29) is 11.9 Å². The largest absolute Gasteiger partial charge is 0.359 e. The van der Waals surface area contributed by atoms with Gasteiger partial charge in [0.05, 0.1) is 35.4 Å². The predicted molar refractivity (Wildman–Crippen MR) is 115 cm³/mol. The number of piperidine rings is 1. The molecule has 1 fully saturated rings. The summed E-state index contributed by atoms with van der Waals surface area (Å²) in [5.74, 6) is 0.451. The van der Waals surface area contributed by atoms with E-state index < -0.39 is 0 Å². The summed E-state index contributed by atoms with van der Waals surface area (Å²) in [5.41, 5.74) is 3.41. The molecule has 3 heterocycles. The molecule has 2 unspecified atom stereocenters. The van der Waals surface area contributed by atoms with Crippen LogP contribution in [-0.2, 0) is 0 Å². The molecule has 8 heteroatoms. The van der Waals surface area contributed by atoms with Gasteiger partial charge < -0.3 is 10.2 Å². The Hall–Kier alpha value is -2.74. The second kappa shape index (κ2) is 8.32. The van der Waals surface area contributed by atoms with Crippen LogP contribution in [0.2, 0.25) is 0 Å². The first-order chi connectivity index (χ1) is 14.0. The van der Waals surface area contributed by atoms with Crippen molar-refractivity contribution in [2.45, 2.75) is 39.7 Å². The number of hydrogen-bond donors (Lipinski definition) is 1. The fourth-order valence-corrected chi connectivity index (χ4v) is 4.63. The third-order valence-corrected chi connectivity index (χ3v) is 6.39. The zero-order valence-corrected chi connectivity index (χ0v) is 17.8. The maximum Gasteiger partial charge on any atom is 0.256 e. The van der Waals surface area contributed by atoms with E-state index in [0.717, 1.165) is 35.8 Å². The molecule has 2 aromatic heterocycles. The molecule has 2 atom stereocenters. The molecule has 1 aromatic carbocycles. The normalized spacial score (nSPS) is 19.3. The topological polar surface area (TPSA) is 75.9 Å². The van der Waals surface area contributed by atoms with Crippen molar-refractivity contribution < 1.29 is 4.79 Å². The molecule has 1 N–H and O–H groups in total. The van der Waals surface area contributed by atoms with Crippen molar-refractivity contribution >= 4 is 22.4 Å². The predicted octanol–water partition coefficient (Wildman–Crippen LogP) is 3.69. The van der Waals surface area contributed by atoms with Gasteiger partial charge in [0.25, 0.3) is 5.91 Å². The minimum absolute atomic E-state index is 0.0367. The van der Waals surface area contributed by atoms with E-state index >= 15 is 0 Å². The summed E-state index contributed by atoms with van der Waals surface area (Å²) in [4.78, 5) is 21.7. The van der Waals surface area contributed by atoms with Crippen LogP contribution >= 0.6 is 11.3 Å². The minimum atomic E-state index is 0.0367. The Bertz CT molecular complexity index is 983. The average Bonchev–Trinajstić information content (AvgIpc) is 3.38. The van der Waals surface area contributed by atoms with Crippen LogP contribution in [0.15, 0.2) is 36.0 Å². The molecule has 29 heavy (non-hydrogen) atoms. The number of likely N-dealkylation sites (tertiary alicyclic amines) is 1. The van der Waals surface area contributed by atoms with Crippen molar-refractivity contribution in [2.75, 3.05) is 18.4 Å². The van der Waals surface area contributed by atoms with E-state index in [0.29, 0.717) is 23.7 Å². The highest BCUT2D eigenvalue weighted by atomic mass is 32.1. The first-order valence-corrected chi connectivity index (χ1v) is 10.8. The van der Waals surface area contributed by atoms with E-state index in [4.69, 9.17) is 0 Å².